The van der Waals surface area contributed by atoms with Crippen molar-refractivity contribution in [2.45, 2.75) is 26.3 Å². The van der Waals surface area contributed by atoms with Crippen LogP contribution in [-0.4, -0.2) is 6.54 Å². The molecule has 0 saturated carbocycles. The van der Waals surface area contributed by atoms with Crippen LogP contribution in [0.4, 0.5) is 4.39 Å². The molecule has 0 aromatic heterocycles. The van der Waals surface area contributed by atoms with E-state index in [2.05, 4.69) is 33.1 Å². The maximum Gasteiger partial charge on any atom is 0.129 e. The van der Waals surface area contributed by atoms with Gasteiger partial charge in [0.05, 0.1) is 0 Å². The van der Waals surface area contributed by atoms with Crippen LogP contribution in [0.3, 0.4) is 0 Å². The minimum absolute atomic E-state index is 0.0620. The van der Waals surface area contributed by atoms with Gasteiger partial charge in [-0.3, -0.25) is 0 Å². The zero-order valence-electron chi connectivity index (χ0n) is 9.48. The van der Waals surface area contributed by atoms with E-state index >= 15 is 0 Å². The molecule has 1 nitrogen and oxygen atoms in total. The molecule has 1 atom stereocenters. The van der Waals surface area contributed by atoms with Crippen molar-refractivity contribution >= 4 is 15.9 Å². The molecule has 0 fully saturated rings. The Kier molecular flexibility index (Phi) is 5.51. The van der Waals surface area contributed by atoms with E-state index in [9.17, 15) is 4.39 Å². The van der Waals surface area contributed by atoms with Gasteiger partial charge in [0.2, 0.25) is 0 Å². The zero-order chi connectivity index (χ0) is 12.0. The van der Waals surface area contributed by atoms with Crippen LogP contribution in [0.25, 0.3) is 0 Å². The van der Waals surface area contributed by atoms with E-state index in [-0.39, 0.29) is 11.9 Å². The Morgan fingerprint density at radius 2 is 2.25 bits per heavy atom. The summed E-state index contributed by atoms with van der Waals surface area (Å²) in [5, 5.41) is 3.24. The molecule has 1 unspecified atom stereocenters. The van der Waals surface area contributed by atoms with Gasteiger partial charge >= 0.3 is 0 Å². The highest BCUT2D eigenvalue weighted by molar-refractivity contribution is 9.10. The molecule has 1 aromatic carbocycles. The van der Waals surface area contributed by atoms with E-state index < -0.39 is 0 Å². The van der Waals surface area contributed by atoms with E-state index in [0.717, 1.165) is 11.0 Å². The lowest BCUT2D eigenvalue weighted by molar-refractivity contribution is 0.518. The van der Waals surface area contributed by atoms with Crippen LogP contribution >= 0.6 is 15.9 Å². The fraction of sp³-hybridized carbons (Fsp3) is 0.385. The third kappa shape index (κ3) is 3.33. The van der Waals surface area contributed by atoms with E-state index in [4.69, 9.17) is 0 Å². The van der Waals surface area contributed by atoms with Gasteiger partial charge in [-0.2, -0.15) is 0 Å². The molecule has 1 rings (SSSR count). The van der Waals surface area contributed by atoms with Gasteiger partial charge in [0.15, 0.2) is 0 Å². The molecule has 0 radical (unpaired) electrons. The second-order valence-electron chi connectivity index (χ2n) is 3.38. The highest BCUT2D eigenvalue weighted by Gasteiger charge is 2.16. The van der Waals surface area contributed by atoms with E-state index in [1.54, 1.807) is 13.0 Å². The van der Waals surface area contributed by atoms with Crippen molar-refractivity contribution in [3.05, 3.63) is 34.1 Å². The number of halogens is 2. The maximum atomic E-state index is 13.7. The first kappa shape index (κ1) is 13.2. The van der Waals surface area contributed by atoms with Crippen LogP contribution in [-0.2, 0) is 0 Å². The molecule has 1 aromatic rings. The number of rotatable bonds is 4. The Hall–Kier alpha value is -0.850. The van der Waals surface area contributed by atoms with Gasteiger partial charge in [-0.25, -0.2) is 4.39 Å². The Morgan fingerprint density at radius 1 is 1.50 bits per heavy atom. The predicted molar refractivity (Wildman–Crippen MR) is 68.6 cm³/mol. The van der Waals surface area contributed by atoms with Gasteiger partial charge in [-0.15, -0.1) is 11.8 Å². The fourth-order valence-corrected chi connectivity index (χ4v) is 2.19. The van der Waals surface area contributed by atoms with Crippen molar-refractivity contribution in [3.8, 4) is 11.8 Å². The van der Waals surface area contributed by atoms with E-state index in [1.807, 2.05) is 13.0 Å². The summed E-state index contributed by atoms with van der Waals surface area (Å²) in [5.74, 6) is 5.63. The summed E-state index contributed by atoms with van der Waals surface area (Å²) in [6, 6.07) is 4.96. The highest BCUT2D eigenvalue weighted by atomic mass is 79.9. The molecule has 0 bridgehead atoms. The second-order valence-corrected chi connectivity index (χ2v) is 4.23. The molecular weight excluding hydrogens is 269 g/mol. The van der Waals surface area contributed by atoms with Crippen LogP contribution in [0.5, 0.6) is 0 Å². The first-order valence-electron chi connectivity index (χ1n) is 5.27. The molecule has 86 valence electrons. The topological polar surface area (TPSA) is 12.0 Å². The van der Waals surface area contributed by atoms with Gasteiger partial charge < -0.3 is 5.32 Å². The van der Waals surface area contributed by atoms with Crippen LogP contribution in [0.15, 0.2) is 22.7 Å². The number of nitrogens with one attached hydrogen (secondary N) is 1. The second kappa shape index (κ2) is 6.67. The van der Waals surface area contributed by atoms with Crippen LogP contribution < -0.4 is 5.32 Å². The summed E-state index contributed by atoms with van der Waals surface area (Å²) in [4.78, 5) is 0. The molecule has 3 heteroatoms. The lowest BCUT2D eigenvalue weighted by Gasteiger charge is -2.17. The van der Waals surface area contributed by atoms with E-state index in [0.29, 0.717) is 12.0 Å². The van der Waals surface area contributed by atoms with Crippen molar-refractivity contribution in [1.82, 2.24) is 5.32 Å². The van der Waals surface area contributed by atoms with Crippen molar-refractivity contribution in [2.75, 3.05) is 6.54 Å². The summed E-state index contributed by atoms with van der Waals surface area (Å²) in [6.45, 7) is 4.58. The third-order valence-corrected chi connectivity index (χ3v) is 2.97. The summed E-state index contributed by atoms with van der Waals surface area (Å²) in [7, 11) is 0. The maximum absolute atomic E-state index is 13.7. The average molecular weight is 284 g/mol. The van der Waals surface area contributed by atoms with Gasteiger partial charge in [0.1, 0.15) is 5.82 Å². The molecule has 0 heterocycles. The largest absolute Gasteiger partial charge is 0.309 e. The molecule has 0 aliphatic heterocycles. The van der Waals surface area contributed by atoms with Crippen LogP contribution in [0.1, 0.15) is 31.9 Å². The molecule has 0 aliphatic carbocycles. The van der Waals surface area contributed by atoms with Crippen molar-refractivity contribution in [3.63, 3.8) is 0 Å². The summed E-state index contributed by atoms with van der Waals surface area (Å²) < 4.78 is 14.5. The molecule has 0 amide bonds. The molecule has 16 heavy (non-hydrogen) atoms. The lowest BCUT2D eigenvalue weighted by Crippen LogP contribution is -2.22. The molecule has 1 N–H and O–H groups in total. The van der Waals surface area contributed by atoms with Crippen molar-refractivity contribution in [2.24, 2.45) is 0 Å². The Balaban J connectivity index is 3.02. The molecule has 0 aliphatic rings. The van der Waals surface area contributed by atoms with Crippen LogP contribution in [0, 0.1) is 17.7 Å². The van der Waals surface area contributed by atoms with Gasteiger partial charge in [0.25, 0.3) is 0 Å². The standard InChI is InChI=1S/C13H15BrFN/c1-3-5-9-12(16-4-2)13-10(14)7-6-8-11(13)15/h6-8,12,16H,4,9H2,1-2H3. The highest BCUT2D eigenvalue weighted by Crippen LogP contribution is 2.27. The Morgan fingerprint density at radius 3 is 2.81 bits per heavy atom. The fourth-order valence-electron chi connectivity index (χ4n) is 1.57. The van der Waals surface area contributed by atoms with E-state index in [1.165, 1.54) is 6.07 Å². The van der Waals surface area contributed by atoms with Crippen LogP contribution in [0.2, 0.25) is 0 Å². The smallest absolute Gasteiger partial charge is 0.129 e. The minimum atomic E-state index is -0.196. The van der Waals surface area contributed by atoms with Crippen molar-refractivity contribution in [1.29, 1.82) is 0 Å². The lowest BCUT2D eigenvalue weighted by atomic mass is 10.0. The monoisotopic (exact) mass is 283 g/mol. The SMILES string of the molecule is CC#CCC(NCC)c1c(F)cccc1Br. The third-order valence-electron chi connectivity index (χ3n) is 2.28. The first-order chi connectivity index (χ1) is 7.70. The number of benzene rings is 1. The molecule has 0 spiro atoms. The normalized spacial score (nSPS) is 11.8. The minimum Gasteiger partial charge on any atom is -0.309 e. The number of hydrogen-bond donors (Lipinski definition) is 1. The summed E-state index contributed by atoms with van der Waals surface area (Å²) in [6.07, 6.45) is 0.615. The van der Waals surface area contributed by atoms with Gasteiger partial charge in [-0.1, -0.05) is 28.9 Å². The first-order valence-corrected chi connectivity index (χ1v) is 6.06. The summed E-state index contributed by atoms with van der Waals surface area (Å²) >= 11 is 3.38. The predicted octanol–water partition coefficient (Wildman–Crippen LogP) is 3.65. The quantitative estimate of drug-likeness (QED) is 0.832. The van der Waals surface area contributed by atoms with Gasteiger partial charge in [-0.05, 0) is 25.6 Å². The Bertz CT molecular complexity index is 386. The average Bonchev–Trinajstić information content (AvgIpc) is 2.25. The Labute approximate surface area is 105 Å². The van der Waals surface area contributed by atoms with Gasteiger partial charge in [0, 0.05) is 22.5 Å². The number of hydrogen-bond acceptors (Lipinski definition) is 1. The zero-order valence-corrected chi connectivity index (χ0v) is 11.1. The molecule has 0 saturated heterocycles. The molecular formula is C13H15BrFN. The summed E-state index contributed by atoms with van der Waals surface area (Å²) in [5.41, 5.74) is 0.659. The van der Waals surface area contributed by atoms with Crippen molar-refractivity contribution < 1.29 is 4.39 Å².